The van der Waals surface area contributed by atoms with Crippen molar-refractivity contribution in [1.82, 2.24) is 4.57 Å². The molecule has 0 aliphatic heterocycles. The van der Waals surface area contributed by atoms with E-state index in [0.717, 1.165) is 6.42 Å². The van der Waals surface area contributed by atoms with Gasteiger partial charge < -0.3 is 4.74 Å². The van der Waals surface area contributed by atoms with Gasteiger partial charge in [-0.05, 0) is 32.8 Å². The van der Waals surface area contributed by atoms with Crippen molar-refractivity contribution < 1.29 is 9.53 Å². The molecule has 1 rings (SSSR count). The van der Waals surface area contributed by atoms with Crippen LogP contribution in [-0.4, -0.2) is 17.1 Å². The van der Waals surface area contributed by atoms with Gasteiger partial charge in [-0.3, -0.25) is 9.36 Å². The fourth-order valence-electron chi connectivity index (χ4n) is 2.36. The first-order valence-electron chi connectivity index (χ1n) is 6.83. The molecule has 0 bridgehead atoms. The van der Waals surface area contributed by atoms with Crippen LogP contribution in [0.15, 0.2) is 10.9 Å². The van der Waals surface area contributed by atoms with Gasteiger partial charge in [0.2, 0.25) is 0 Å². The molecule has 1 aromatic rings. The number of carbonyl (C=O) groups is 1. The fraction of sp³-hybridized carbons (Fsp3) is 0.500. The summed E-state index contributed by atoms with van der Waals surface area (Å²) in [6.07, 6.45) is 7.09. The Kier molecular flexibility index (Phi) is 5.57. The minimum Gasteiger partial charge on any atom is -0.462 e. The highest BCUT2D eigenvalue weighted by Crippen LogP contribution is 2.19. The second kappa shape index (κ2) is 6.95. The van der Waals surface area contributed by atoms with Gasteiger partial charge in [0.15, 0.2) is 0 Å². The molecule has 4 heteroatoms. The first kappa shape index (κ1) is 16.0. The van der Waals surface area contributed by atoms with E-state index in [4.69, 9.17) is 11.2 Å². The Morgan fingerprint density at radius 2 is 2.10 bits per heavy atom. The van der Waals surface area contributed by atoms with Crippen molar-refractivity contribution in [3.63, 3.8) is 0 Å². The third-order valence-corrected chi connectivity index (χ3v) is 3.24. The number of rotatable bonds is 5. The molecule has 0 saturated carbocycles. The van der Waals surface area contributed by atoms with Crippen molar-refractivity contribution in [1.29, 1.82) is 0 Å². The van der Waals surface area contributed by atoms with Crippen LogP contribution in [-0.2, 0) is 4.74 Å². The molecule has 0 spiro atoms. The number of aromatic nitrogens is 1. The number of hydrogen-bond acceptors (Lipinski definition) is 3. The molecule has 0 N–H and O–H groups in total. The minimum absolute atomic E-state index is 0.176. The lowest BCUT2D eigenvalue weighted by atomic mass is 10.1. The van der Waals surface area contributed by atoms with Crippen LogP contribution in [0.4, 0.5) is 0 Å². The van der Waals surface area contributed by atoms with Crippen LogP contribution in [0.5, 0.6) is 0 Å². The van der Waals surface area contributed by atoms with Crippen LogP contribution >= 0.6 is 0 Å². The first-order valence-corrected chi connectivity index (χ1v) is 6.83. The summed E-state index contributed by atoms with van der Waals surface area (Å²) >= 11 is 0. The Hall–Kier alpha value is -2.02. The second-order valence-corrected chi connectivity index (χ2v) is 4.69. The molecular weight excluding hydrogens is 254 g/mol. The summed E-state index contributed by atoms with van der Waals surface area (Å²) in [5.74, 6) is 2.22. The van der Waals surface area contributed by atoms with Gasteiger partial charge in [-0.15, -0.1) is 6.42 Å². The average molecular weight is 275 g/mol. The SMILES string of the molecule is C#CC(CCC)n1c(C)c(C(=O)OCC)c(C)cc1=O. The molecule has 4 nitrogen and oxygen atoms in total. The molecule has 0 aromatic carbocycles. The van der Waals surface area contributed by atoms with E-state index < -0.39 is 5.97 Å². The van der Waals surface area contributed by atoms with E-state index in [0.29, 0.717) is 29.8 Å². The lowest BCUT2D eigenvalue weighted by Crippen LogP contribution is -2.29. The van der Waals surface area contributed by atoms with E-state index in [1.807, 2.05) is 6.92 Å². The zero-order chi connectivity index (χ0) is 15.3. The minimum atomic E-state index is -0.413. The Morgan fingerprint density at radius 1 is 1.45 bits per heavy atom. The summed E-state index contributed by atoms with van der Waals surface area (Å²) in [5.41, 5.74) is 1.45. The summed E-state index contributed by atoms with van der Waals surface area (Å²) < 4.78 is 6.57. The van der Waals surface area contributed by atoms with Crippen LogP contribution in [0.2, 0.25) is 0 Å². The summed E-state index contributed by atoms with van der Waals surface area (Å²) in [6, 6.07) is 1.11. The largest absolute Gasteiger partial charge is 0.462 e. The van der Waals surface area contributed by atoms with E-state index in [1.165, 1.54) is 10.6 Å². The van der Waals surface area contributed by atoms with Gasteiger partial charge in [0, 0.05) is 11.8 Å². The summed E-state index contributed by atoms with van der Waals surface area (Å²) in [5, 5.41) is 0. The van der Waals surface area contributed by atoms with Gasteiger partial charge in [0.25, 0.3) is 5.56 Å². The Bertz CT molecular complexity index is 593. The fourth-order valence-corrected chi connectivity index (χ4v) is 2.36. The number of terminal acetylenes is 1. The third kappa shape index (κ3) is 3.11. The molecule has 0 aliphatic carbocycles. The smallest absolute Gasteiger partial charge is 0.340 e. The van der Waals surface area contributed by atoms with Gasteiger partial charge >= 0.3 is 5.97 Å². The van der Waals surface area contributed by atoms with Crippen LogP contribution in [0.1, 0.15) is 54.3 Å². The lowest BCUT2D eigenvalue weighted by Gasteiger charge is -2.20. The van der Waals surface area contributed by atoms with Gasteiger partial charge in [-0.2, -0.15) is 0 Å². The van der Waals surface area contributed by atoms with Crippen molar-refractivity contribution in [3.05, 3.63) is 33.2 Å². The van der Waals surface area contributed by atoms with Gasteiger partial charge in [0.1, 0.15) is 0 Å². The highest BCUT2D eigenvalue weighted by molar-refractivity contribution is 5.92. The molecule has 20 heavy (non-hydrogen) atoms. The Labute approximate surface area is 119 Å². The van der Waals surface area contributed by atoms with E-state index in [2.05, 4.69) is 5.92 Å². The lowest BCUT2D eigenvalue weighted by molar-refractivity contribution is 0.0523. The van der Waals surface area contributed by atoms with Gasteiger partial charge in [0.05, 0.1) is 18.2 Å². The number of nitrogens with zero attached hydrogens (tertiary/aromatic N) is 1. The molecule has 1 aromatic heterocycles. The maximum Gasteiger partial charge on any atom is 0.340 e. The monoisotopic (exact) mass is 275 g/mol. The maximum absolute atomic E-state index is 12.2. The molecular formula is C16H21NO3. The summed E-state index contributed by atoms with van der Waals surface area (Å²) in [6.45, 7) is 7.52. The van der Waals surface area contributed by atoms with E-state index >= 15 is 0 Å². The predicted octanol–water partition coefficient (Wildman–Crippen LogP) is 2.62. The molecule has 0 aliphatic rings. The quantitative estimate of drug-likeness (QED) is 0.613. The highest BCUT2D eigenvalue weighted by Gasteiger charge is 2.20. The van der Waals surface area contributed by atoms with Crippen molar-refractivity contribution in [2.75, 3.05) is 6.61 Å². The summed E-state index contributed by atoms with van der Waals surface area (Å²) in [7, 11) is 0. The van der Waals surface area contributed by atoms with Crippen molar-refractivity contribution in [2.45, 2.75) is 46.6 Å². The first-order chi connectivity index (χ1) is 9.47. The van der Waals surface area contributed by atoms with Crippen molar-refractivity contribution >= 4 is 5.97 Å². The highest BCUT2D eigenvalue weighted by atomic mass is 16.5. The Balaban J connectivity index is 3.47. The van der Waals surface area contributed by atoms with Crippen molar-refractivity contribution in [2.24, 2.45) is 0 Å². The molecule has 108 valence electrons. The average Bonchev–Trinajstić information content (AvgIpc) is 2.37. The van der Waals surface area contributed by atoms with Crippen LogP contribution in [0.3, 0.4) is 0 Å². The van der Waals surface area contributed by atoms with Crippen molar-refractivity contribution in [3.8, 4) is 12.3 Å². The zero-order valence-corrected chi connectivity index (χ0v) is 12.5. The van der Waals surface area contributed by atoms with E-state index in [-0.39, 0.29) is 11.6 Å². The summed E-state index contributed by atoms with van der Waals surface area (Å²) in [4.78, 5) is 24.2. The van der Waals surface area contributed by atoms with E-state index in [1.54, 1.807) is 20.8 Å². The van der Waals surface area contributed by atoms with Gasteiger partial charge in [-0.1, -0.05) is 19.3 Å². The molecule has 1 unspecified atom stereocenters. The molecule has 0 saturated heterocycles. The predicted molar refractivity (Wildman–Crippen MR) is 78.9 cm³/mol. The molecule has 1 atom stereocenters. The standard InChI is InChI=1S/C16H21NO3/c1-6-9-13(7-2)17-12(5)15(16(19)20-8-3)11(4)10-14(17)18/h2,10,13H,6,8-9H2,1,3-5H3. The maximum atomic E-state index is 12.2. The second-order valence-electron chi connectivity index (χ2n) is 4.69. The number of esters is 1. The number of ether oxygens (including phenoxy) is 1. The van der Waals surface area contributed by atoms with Crippen LogP contribution < -0.4 is 5.56 Å². The van der Waals surface area contributed by atoms with E-state index in [9.17, 15) is 9.59 Å². The third-order valence-electron chi connectivity index (χ3n) is 3.24. The molecule has 0 radical (unpaired) electrons. The van der Waals surface area contributed by atoms with Crippen LogP contribution in [0, 0.1) is 26.2 Å². The number of aryl methyl sites for hydroxylation is 1. The van der Waals surface area contributed by atoms with Crippen LogP contribution in [0.25, 0.3) is 0 Å². The number of pyridine rings is 1. The zero-order valence-electron chi connectivity index (χ0n) is 12.5. The number of carbonyl (C=O) groups excluding carboxylic acids is 1. The molecule has 1 heterocycles. The number of hydrogen-bond donors (Lipinski definition) is 0. The Morgan fingerprint density at radius 3 is 2.60 bits per heavy atom. The molecule has 0 fully saturated rings. The van der Waals surface area contributed by atoms with Gasteiger partial charge in [-0.25, -0.2) is 4.79 Å². The molecule has 0 amide bonds. The topological polar surface area (TPSA) is 48.3 Å². The normalized spacial score (nSPS) is 11.8.